The zero-order chi connectivity index (χ0) is 13.8. The Bertz CT molecular complexity index is 605. The highest BCUT2D eigenvalue weighted by Gasteiger charge is 2.09. The molecule has 2 rings (SSSR count). The molecule has 0 bridgehead atoms. The van der Waals surface area contributed by atoms with Crippen LogP contribution in [0.5, 0.6) is 0 Å². The Morgan fingerprint density at radius 3 is 2.53 bits per heavy atom. The van der Waals surface area contributed by atoms with Crippen molar-refractivity contribution in [2.75, 3.05) is 0 Å². The van der Waals surface area contributed by atoms with Crippen molar-refractivity contribution in [2.24, 2.45) is 0 Å². The maximum Gasteiger partial charge on any atom is 0.336 e. The van der Waals surface area contributed by atoms with E-state index in [0.29, 0.717) is 5.56 Å². The van der Waals surface area contributed by atoms with Crippen LogP contribution in [0.3, 0.4) is 0 Å². The molecule has 0 fully saturated rings. The molecule has 0 aliphatic carbocycles. The van der Waals surface area contributed by atoms with Crippen molar-refractivity contribution in [1.82, 2.24) is 0 Å². The van der Waals surface area contributed by atoms with E-state index in [1.807, 2.05) is 12.1 Å². The number of carboxylic acids is 1. The number of hydrogen-bond acceptors (Lipinski definition) is 2. The van der Waals surface area contributed by atoms with Crippen molar-refractivity contribution in [3.05, 3.63) is 64.7 Å². The van der Waals surface area contributed by atoms with E-state index >= 15 is 0 Å². The van der Waals surface area contributed by atoms with Gasteiger partial charge in [-0.3, -0.25) is 0 Å². The second-order valence-electron chi connectivity index (χ2n) is 4.51. The van der Waals surface area contributed by atoms with Gasteiger partial charge >= 0.3 is 5.97 Å². The predicted octanol–water partition coefficient (Wildman–Crippen LogP) is 4.29. The molecule has 0 atom stereocenters. The first-order valence-electron chi connectivity index (χ1n) is 6.09. The Kier molecular flexibility index (Phi) is 4.27. The van der Waals surface area contributed by atoms with Crippen LogP contribution in [0, 0.1) is 13.8 Å². The lowest BCUT2D eigenvalue weighted by molar-refractivity contribution is 0.0693. The molecule has 0 saturated heterocycles. The summed E-state index contributed by atoms with van der Waals surface area (Å²) in [6.45, 7) is 4.18. The lowest BCUT2D eigenvalue weighted by Gasteiger charge is -2.07. The minimum atomic E-state index is -0.872. The van der Waals surface area contributed by atoms with Crippen molar-refractivity contribution in [3.8, 4) is 0 Å². The van der Waals surface area contributed by atoms with E-state index in [0.717, 1.165) is 10.6 Å². The van der Waals surface area contributed by atoms with Crippen LogP contribution in [0.25, 0.3) is 0 Å². The summed E-state index contributed by atoms with van der Waals surface area (Å²) in [4.78, 5) is 11.9. The molecular formula is C16H16O2S. The number of thioether (sulfide) groups is 1. The standard InChI is InChI=1S/C16H16O2S/c1-11-7-8-13(9-12(11)2)10-19-15-6-4-3-5-14(15)16(17)18/h3-9H,10H2,1-2H3,(H,17,18). The van der Waals surface area contributed by atoms with E-state index in [1.54, 1.807) is 23.9 Å². The van der Waals surface area contributed by atoms with E-state index in [9.17, 15) is 4.79 Å². The second-order valence-corrected chi connectivity index (χ2v) is 5.53. The van der Waals surface area contributed by atoms with Gasteiger partial charge in [0.25, 0.3) is 0 Å². The van der Waals surface area contributed by atoms with Crippen LogP contribution in [0.4, 0.5) is 0 Å². The van der Waals surface area contributed by atoms with Crippen molar-refractivity contribution in [1.29, 1.82) is 0 Å². The molecule has 0 heterocycles. The van der Waals surface area contributed by atoms with Crippen LogP contribution >= 0.6 is 11.8 Å². The third kappa shape index (κ3) is 3.38. The number of carbonyl (C=O) groups is 1. The Hall–Kier alpha value is -1.74. The first-order chi connectivity index (χ1) is 9.08. The number of aromatic carboxylic acids is 1. The summed E-state index contributed by atoms with van der Waals surface area (Å²) >= 11 is 1.56. The molecule has 0 unspecified atom stereocenters. The van der Waals surface area contributed by atoms with Crippen LogP contribution in [-0.2, 0) is 5.75 Å². The first-order valence-corrected chi connectivity index (χ1v) is 7.08. The van der Waals surface area contributed by atoms with Gasteiger partial charge in [-0.2, -0.15) is 0 Å². The average molecular weight is 272 g/mol. The Morgan fingerprint density at radius 2 is 1.84 bits per heavy atom. The molecule has 0 spiro atoms. The minimum absolute atomic E-state index is 0.372. The first kappa shape index (κ1) is 13.7. The van der Waals surface area contributed by atoms with Crippen molar-refractivity contribution >= 4 is 17.7 Å². The molecule has 19 heavy (non-hydrogen) atoms. The van der Waals surface area contributed by atoms with Crippen molar-refractivity contribution in [2.45, 2.75) is 24.5 Å². The summed E-state index contributed by atoms with van der Waals surface area (Å²) in [5.41, 5.74) is 4.13. The molecule has 0 aromatic heterocycles. The van der Waals surface area contributed by atoms with Gasteiger partial charge < -0.3 is 5.11 Å². The lowest BCUT2D eigenvalue weighted by atomic mass is 10.1. The summed E-state index contributed by atoms with van der Waals surface area (Å²) in [5.74, 6) is -0.0889. The highest BCUT2D eigenvalue weighted by molar-refractivity contribution is 7.98. The van der Waals surface area contributed by atoms with Crippen molar-refractivity contribution in [3.63, 3.8) is 0 Å². The van der Waals surface area contributed by atoms with Gasteiger partial charge in [-0.1, -0.05) is 30.3 Å². The fourth-order valence-corrected chi connectivity index (χ4v) is 2.81. The molecule has 2 aromatic carbocycles. The number of aryl methyl sites for hydroxylation is 2. The van der Waals surface area contributed by atoms with Gasteiger partial charge in [0.2, 0.25) is 0 Å². The molecule has 2 nitrogen and oxygen atoms in total. The highest BCUT2D eigenvalue weighted by atomic mass is 32.2. The summed E-state index contributed by atoms with van der Waals surface area (Å²) < 4.78 is 0. The number of carboxylic acid groups (broad SMARTS) is 1. The summed E-state index contributed by atoms with van der Waals surface area (Å²) in [7, 11) is 0. The Labute approximate surface area is 117 Å². The zero-order valence-corrected chi connectivity index (χ0v) is 11.8. The van der Waals surface area contributed by atoms with E-state index < -0.39 is 5.97 Å². The lowest BCUT2D eigenvalue weighted by Crippen LogP contribution is -1.98. The Morgan fingerprint density at radius 1 is 1.11 bits per heavy atom. The predicted molar refractivity (Wildman–Crippen MR) is 78.9 cm³/mol. The molecule has 0 aliphatic rings. The maximum absolute atomic E-state index is 11.1. The largest absolute Gasteiger partial charge is 0.478 e. The van der Waals surface area contributed by atoms with Gasteiger partial charge in [0, 0.05) is 10.6 Å². The van der Waals surface area contributed by atoms with E-state index in [2.05, 4.69) is 32.0 Å². The molecule has 2 aromatic rings. The van der Waals surface area contributed by atoms with E-state index in [1.165, 1.54) is 16.7 Å². The molecule has 0 radical (unpaired) electrons. The molecular weight excluding hydrogens is 256 g/mol. The number of hydrogen-bond donors (Lipinski definition) is 1. The van der Waals surface area contributed by atoms with Crippen LogP contribution in [-0.4, -0.2) is 11.1 Å². The van der Waals surface area contributed by atoms with Gasteiger partial charge in [-0.05, 0) is 42.7 Å². The monoisotopic (exact) mass is 272 g/mol. The van der Waals surface area contributed by atoms with E-state index in [4.69, 9.17) is 5.11 Å². The Balaban J connectivity index is 2.14. The van der Waals surface area contributed by atoms with Crippen molar-refractivity contribution < 1.29 is 9.90 Å². The third-order valence-corrected chi connectivity index (χ3v) is 4.23. The SMILES string of the molecule is Cc1ccc(CSc2ccccc2C(=O)O)cc1C. The minimum Gasteiger partial charge on any atom is -0.478 e. The second kappa shape index (κ2) is 5.93. The highest BCUT2D eigenvalue weighted by Crippen LogP contribution is 2.26. The van der Waals surface area contributed by atoms with E-state index in [-0.39, 0.29) is 0 Å². The van der Waals surface area contributed by atoms with Crippen LogP contribution in [0.2, 0.25) is 0 Å². The molecule has 0 amide bonds. The fraction of sp³-hybridized carbons (Fsp3) is 0.188. The summed E-state index contributed by atoms with van der Waals surface area (Å²) in [6.07, 6.45) is 0. The quantitative estimate of drug-likeness (QED) is 0.843. The van der Waals surface area contributed by atoms with Gasteiger partial charge in [0.1, 0.15) is 0 Å². The van der Waals surface area contributed by atoms with Gasteiger partial charge in [0.05, 0.1) is 5.56 Å². The maximum atomic E-state index is 11.1. The molecule has 1 N–H and O–H groups in total. The van der Waals surface area contributed by atoms with Gasteiger partial charge in [-0.15, -0.1) is 11.8 Å². The molecule has 98 valence electrons. The fourth-order valence-electron chi connectivity index (χ4n) is 1.82. The molecule has 0 aliphatic heterocycles. The molecule has 0 saturated carbocycles. The third-order valence-electron chi connectivity index (χ3n) is 3.08. The topological polar surface area (TPSA) is 37.3 Å². The smallest absolute Gasteiger partial charge is 0.336 e. The van der Waals surface area contributed by atoms with Crippen LogP contribution in [0.1, 0.15) is 27.0 Å². The van der Waals surface area contributed by atoms with Crippen LogP contribution < -0.4 is 0 Å². The normalized spacial score (nSPS) is 10.4. The number of rotatable bonds is 4. The zero-order valence-electron chi connectivity index (χ0n) is 11.0. The van der Waals surface area contributed by atoms with Crippen LogP contribution in [0.15, 0.2) is 47.4 Å². The molecule has 3 heteroatoms. The van der Waals surface area contributed by atoms with Gasteiger partial charge in [0.15, 0.2) is 0 Å². The number of benzene rings is 2. The summed E-state index contributed by atoms with van der Waals surface area (Å²) in [6, 6.07) is 13.5. The average Bonchev–Trinajstić information content (AvgIpc) is 2.40. The van der Waals surface area contributed by atoms with Gasteiger partial charge in [-0.25, -0.2) is 4.79 Å². The summed E-state index contributed by atoms with van der Waals surface area (Å²) in [5, 5.41) is 9.13.